The number of aromatic nitrogens is 2. The molecule has 0 amide bonds. The number of nitrogens with zero attached hydrogens (tertiary/aromatic N) is 2. The highest BCUT2D eigenvalue weighted by molar-refractivity contribution is 7.99. The maximum Gasteiger partial charge on any atom is 0.327 e. The highest BCUT2D eigenvalue weighted by Crippen LogP contribution is 2.25. The van der Waals surface area contributed by atoms with Gasteiger partial charge in [-0.25, -0.2) is 9.78 Å². The maximum absolute atomic E-state index is 11.6. The molecule has 33 heavy (non-hydrogen) atoms. The average Bonchev–Trinajstić information content (AvgIpc) is 3.50. The van der Waals surface area contributed by atoms with Gasteiger partial charge in [0.2, 0.25) is 5.89 Å². The number of aliphatic carboxylic acids is 1. The number of hydrogen-bond acceptors (Lipinski definition) is 4. The van der Waals surface area contributed by atoms with Crippen molar-refractivity contribution < 1.29 is 14.3 Å². The fourth-order valence-corrected chi connectivity index (χ4v) is 4.31. The molecule has 6 heteroatoms. The Hall–Kier alpha value is -3.25. The SMILES string of the molecule is CC.Cc1oc(-c2ccccc2)nc1CCSc1ccc(CC(C(=O)O)n2cccc2)cc1. The van der Waals surface area contributed by atoms with Gasteiger partial charge < -0.3 is 14.1 Å². The lowest BCUT2D eigenvalue weighted by atomic mass is 10.1. The zero-order chi connectivity index (χ0) is 23.6. The maximum atomic E-state index is 11.6. The van der Waals surface area contributed by atoms with E-state index in [1.54, 1.807) is 28.7 Å². The first-order valence-electron chi connectivity index (χ1n) is 11.2. The van der Waals surface area contributed by atoms with Crippen LogP contribution >= 0.6 is 11.8 Å². The van der Waals surface area contributed by atoms with E-state index < -0.39 is 12.0 Å². The van der Waals surface area contributed by atoms with E-state index in [1.165, 1.54) is 0 Å². The molecule has 0 aliphatic carbocycles. The summed E-state index contributed by atoms with van der Waals surface area (Å²) in [6.45, 7) is 5.96. The Morgan fingerprint density at radius 3 is 2.33 bits per heavy atom. The van der Waals surface area contributed by atoms with Gasteiger partial charge in [0.05, 0.1) is 5.69 Å². The van der Waals surface area contributed by atoms with Gasteiger partial charge in [0.15, 0.2) is 0 Å². The van der Waals surface area contributed by atoms with Crippen molar-refractivity contribution in [3.8, 4) is 11.5 Å². The Balaban J connectivity index is 0.00000149. The third kappa shape index (κ3) is 6.62. The number of benzene rings is 2. The molecule has 0 saturated heterocycles. The largest absolute Gasteiger partial charge is 0.480 e. The van der Waals surface area contributed by atoms with Crippen LogP contribution in [0.5, 0.6) is 0 Å². The van der Waals surface area contributed by atoms with Crippen molar-refractivity contribution in [2.24, 2.45) is 0 Å². The molecule has 0 aliphatic rings. The third-order valence-electron chi connectivity index (χ3n) is 5.15. The van der Waals surface area contributed by atoms with Crippen molar-refractivity contribution in [3.63, 3.8) is 0 Å². The molecule has 4 rings (SSSR count). The van der Waals surface area contributed by atoms with Gasteiger partial charge in [-0.1, -0.05) is 44.2 Å². The van der Waals surface area contributed by atoms with E-state index in [2.05, 4.69) is 17.1 Å². The molecule has 1 atom stereocenters. The van der Waals surface area contributed by atoms with E-state index in [9.17, 15) is 9.90 Å². The van der Waals surface area contributed by atoms with Gasteiger partial charge in [-0.2, -0.15) is 0 Å². The van der Waals surface area contributed by atoms with E-state index in [-0.39, 0.29) is 0 Å². The van der Waals surface area contributed by atoms with Gasteiger partial charge in [0, 0.05) is 41.4 Å². The quantitative estimate of drug-likeness (QED) is 0.281. The van der Waals surface area contributed by atoms with E-state index >= 15 is 0 Å². The third-order valence-corrected chi connectivity index (χ3v) is 6.16. The van der Waals surface area contributed by atoms with Crippen molar-refractivity contribution >= 4 is 17.7 Å². The summed E-state index contributed by atoms with van der Waals surface area (Å²) in [5.74, 6) is 1.59. The lowest BCUT2D eigenvalue weighted by Crippen LogP contribution is -2.20. The summed E-state index contributed by atoms with van der Waals surface area (Å²) in [6, 6.07) is 21.1. The standard InChI is InChI=1S/C25H24N2O3S.C2H6/c1-18-22(26-24(30-18)20-7-3-2-4-8-20)13-16-31-21-11-9-19(10-12-21)17-23(25(28)29)27-14-5-6-15-27;1-2/h2-12,14-15,23H,13,16-17H2,1H3,(H,28,29);1-2H3. The van der Waals surface area contributed by atoms with Crippen LogP contribution in [0.4, 0.5) is 0 Å². The summed E-state index contributed by atoms with van der Waals surface area (Å²) >= 11 is 1.76. The molecule has 0 bridgehead atoms. The van der Waals surface area contributed by atoms with Gasteiger partial charge in [-0.3, -0.25) is 0 Å². The van der Waals surface area contributed by atoms with Gasteiger partial charge in [0.1, 0.15) is 11.8 Å². The fraction of sp³-hybridized carbons (Fsp3) is 0.259. The van der Waals surface area contributed by atoms with Gasteiger partial charge in [-0.15, -0.1) is 11.8 Å². The van der Waals surface area contributed by atoms with Gasteiger partial charge >= 0.3 is 5.97 Å². The van der Waals surface area contributed by atoms with E-state index in [0.29, 0.717) is 12.3 Å². The summed E-state index contributed by atoms with van der Waals surface area (Å²) in [5, 5.41) is 9.54. The lowest BCUT2D eigenvalue weighted by molar-refractivity contribution is -0.140. The van der Waals surface area contributed by atoms with Crippen molar-refractivity contribution in [3.05, 3.63) is 96.1 Å². The molecule has 1 unspecified atom stereocenters. The lowest BCUT2D eigenvalue weighted by Gasteiger charge is -2.14. The van der Waals surface area contributed by atoms with E-state index in [1.807, 2.05) is 75.4 Å². The summed E-state index contributed by atoms with van der Waals surface area (Å²) in [5.41, 5.74) is 2.98. The minimum absolute atomic E-state index is 0.454. The molecule has 4 aromatic rings. The van der Waals surface area contributed by atoms with Crippen molar-refractivity contribution in [1.29, 1.82) is 0 Å². The summed E-state index contributed by atoms with van der Waals surface area (Å²) in [7, 11) is 0. The Kier molecular flexibility index (Phi) is 8.95. The summed E-state index contributed by atoms with van der Waals surface area (Å²) in [6.07, 6.45) is 4.86. The molecule has 2 aromatic carbocycles. The van der Waals surface area contributed by atoms with E-state index in [4.69, 9.17) is 4.42 Å². The second kappa shape index (κ2) is 12.1. The Morgan fingerprint density at radius 2 is 1.70 bits per heavy atom. The molecule has 0 radical (unpaired) electrons. The monoisotopic (exact) mass is 462 g/mol. The normalized spacial score (nSPS) is 11.5. The number of aryl methyl sites for hydroxylation is 2. The second-order valence-corrected chi connectivity index (χ2v) is 8.49. The van der Waals surface area contributed by atoms with Crippen LogP contribution in [0.2, 0.25) is 0 Å². The molecule has 0 spiro atoms. The number of hydrogen-bond donors (Lipinski definition) is 1. The van der Waals surface area contributed by atoms with Crippen LogP contribution in [-0.2, 0) is 17.6 Å². The number of carboxylic acids is 1. The molecular formula is C27H30N2O3S. The fourth-order valence-electron chi connectivity index (χ4n) is 3.45. The van der Waals surface area contributed by atoms with Gasteiger partial charge in [0.25, 0.3) is 0 Å². The Labute approximate surface area is 199 Å². The molecule has 1 N–H and O–H groups in total. The highest BCUT2D eigenvalue weighted by atomic mass is 32.2. The average molecular weight is 463 g/mol. The molecule has 5 nitrogen and oxygen atoms in total. The summed E-state index contributed by atoms with van der Waals surface area (Å²) in [4.78, 5) is 17.4. The molecule has 0 saturated carbocycles. The number of carboxylic acid groups (broad SMARTS) is 1. The van der Waals surface area contributed by atoms with E-state index in [0.717, 1.165) is 39.7 Å². The highest BCUT2D eigenvalue weighted by Gasteiger charge is 2.19. The van der Waals surface area contributed by atoms with Crippen molar-refractivity contribution in [2.75, 3.05) is 5.75 Å². The number of rotatable bonds is 9. The van der Waals surface area contributed by atoms with Crippen LogP contribution in [0, 0.1) is 6.92 Å². The van der Waals surface area contributed by atoms with Crippen LogP contribution < -0.4 is 0 Å². The first-order valence-corrected chi connectivity index (χ1v) is 12.2. The number of carbonyl (C=O) groups is 1. The predicted molar refractivity (Wildman–Crippen MR) is 134 cm³/mol. The van der Waals surface area contributed by atoms with Crippen molar-refractivity contribution in [1.82, 2.24) is 9.55 Å². The molecular weight excluding hydrogens is 432 g/mol. The minimum atomic E-state index is -0.826. The topological polar surface area (TPSA) is 68.3 Å². The molecule has 2 heterocycles. The zero-order valence-electron chi connectivity index (χ0n) is 19.3. The predicted octanol–water partition coefficient (Wildman–Crippen LogP) is 6.68. The van der Waals surface area contributed by atoms with Crippen molar-refractivity contribution in [2.45, 2.75) is 44.6 Å². The minimum Gasteiger partial charge on any atom is -0.480 e. The van der Waals surface area contributed by atoms with Crippen LogP contribution in [-0.4, -0.2) is 26.4 Å². The Morgan fingerprint density at radius 1 is 1.03 bits per heavy atom. The molecule has 0 fully saturated rings. The number of oxazole rings is 1. The Bertz CT molecular complexity index is 1120. The number of thioether (sulfide) groups is 1. The van der Waals surface area contributed by atoms with Gasteiger partial charge in [-0.05, 0) is 48.9 Å². The second-order valence-electron chi connectivity index (χ2n) is 7.32. The van der Waals surface area contributed by atoms with Crippen LogP contribution in [0.15, 0.2) is 88.4 Å². The van der Waals surface area contributed by atoms with Crippen LogP contribution in [0.3, 0.4) is 0 Å². The smallest absolute Gasteiger partial charge is 0.327 e. The molecule has 0 aliphatic heterocycles. The first-order chi connectivity index (χ1) is 16.1. The van der Waals surface area contributed by atoms with Crippen LogP contribution in [0.25, 0.3) is 11.5 Å². The first kappa shape index (κ1) is 24.4. The molecule has 172 valence electrons. The zero-order valence-corrected chi connectivity index (χ0v) is 20.1. The molecule has 2 aromatic heterocycles. The summed E-state index contributed by atoms with van der Waals surface area (Å²) < 4.78 is 7.57. The van der Waals surface area contributed by atoms with Crippen LogP contribution in [0.1, 0.15) is 36.9 Å².